The number of halogens is 3. The molecule has 6 nitrogen and oxygen atoms in total. The summed E-state index contributed by atoms with van der Waals surface area (Å²) in [5.74, 6) is -2.20. The molecule has 0 spiro atoms. The zero-order valence-corrected chi connectivity index (χ0v) is 14.8. The molecule has 2 aromatic carbocycles. The van der Waals surface area contributed by atoms with E-state index >= 15 is 0 Å². The lowest BCUT2D eigenvalue weighted by atomic mass is 9.95. The fraction of sp³-hybridized carbons (Fsp3) is 0.176. The molecule has 2 N–H and O–H groups in total. The van der Waals surface area contributed by atoms with Gasteiger partial charge in [0, 0.05) is 17.0 Å². The van der Waals surface area contributed by atoms with Crippen LogP contribution >= 0.6 is 0 Å². The number of amidine groups is 1. The van der Waals surface area contributed by atoms with Crippen molar-refractivity contribution in [1.82, 2.24) is 5.48 Å². The highest BCUT2D eigenvalue weighted by Gasteiger charge is 2.46. The van der Waals surface area contributed by atoms with E-state index in [9.17, 15) is 26.4 Å². The number of alkyl halides is 3. The predicted octanol–water partition coefficient (Wildman–Crippen LogP) is 3.25. The first-order valence-electron chi connectivity index (χ1n) is 7.58. The van der Waals surface area contributed by atoms with Crippen molar-refractivity contribution in [3.8, 4) is 0 Å². The highest BCUT2D eigenvalue weighted by Crippen LogP contribution is 2.27. The van der Waals surface area contributed by atoms with Crippen LogP contribution in [0.5, 0.6) is 0 Å². The number of hydrogen-bond donors (Lipinski definition) is 2. The molecule has 0 unspecified atom stereocenters. The summed E-state index contributed by atoms with van der Waals surface area (Å²) >= 11 is 0. The minimum Gasteiger partial charge on any atom is -0.290 e. The summed E-state index contributed by atoms with van der Waals surface area (Å²) in [7, 11) is -5.83. The lowest BCUT2D eigenvalue weighted by Gasteiger charge is -2.15. The zero-order chi connectivity index (χ0) is 20.2. The van der Waals surface area contributed by atoms with Crippen LogP contribution in [-0.4, -0.2) is 30.8 Å². The number of carbonyl (C=O) groups excluding carboxylic acids is 1. The number of nitrogens with one attached hydrogen (secondary N) is 1. The first kappa shape index (κ1) is 20.6. The quantitative estimate of drug-likeness (QED) is 0.348. The second-order valence-electron chi connectivity index (χ2n) is 5.55. The van der Waals surface area contributed by atoms with Crippen molar-refractivity contribution in [1.29, 1.82) is 0 Å². The molecule has 1 atom stereocenters. The topological polar surface area (TPSA) is 95.8 Å². The summed E-state index contributed by atoms with van der Waals surface area (Å²) in [4.78, 5) is 12.5. The largest absolute Gasteiger partial charge is 0.518 e. The van der Waals surface area contributed by atoms with E-state index < -0.39 is 27.3 Å². The molecule has 0 radical (unpaired) electrons. The Morgan fingerprint density at radius 1 is 1.07 bits per heavy atom. The summed E-state index contributed by atoms with van der Waals surface area (Å²) in [5.41, 5.74) is -3.25. The van der Waals surface area contributed by atoms with Crippen molar-refractivity contribution in [3.63, 3.8) is 0 Å². The number of rotatable bonds is 5. The smallest absolute Gasteiger partial charge is 0.290 e. The van der Waals surface area contributed by atoms with Crippen LogP contribution in [0.4, 0.5) is 13.2 Å². The van der Waals surface area contributed by atoms with Crippen molar-refractivity contribution in [2.75, 3.05) is 0 Å². The second-order valence-corrected chi connectivity index (χ2v) is 7.15. The predicted molar refractivity (Wildman–Crippen MR) is 92.1 cm³/mol. The Balaban J connectivity index is 2.39. The molecule has 0 bridgehead atoms. The molecule has 0 aromatic heterocycles. The Hall–Kier alpha value is -2.72. The molecule has 27 heavy (non-hydrogen) atoms. The highest BCUT2D eigenvalue weighted by atomic mass is 32.2. The first-order valence-corrected chi connectivity index (χ1v) is 9.02. The maximum absolute atomic E-state index is 12.5. The van der Waals surface area contributed by atoms with Crippen molar-refractivity contribution in [2.45, 2.75) is 18.3 Å². The maximum atomic E-state index is 12.5. The van der Waals surface area contributed by atoms with Crippen molar-refractivity contribution >= 4 is 21.6 Å². The Kier molecular flexibility index (Phi) is 6.01. The normalized spacial score (nSPS) is 13.9. The minimum absolute atomic E-state index is 0.251. The van der Waals surface area contributed by atoms with Crippen LogP contribution in [0.3, 0.4) is 0 Å². The second kappa shape index (κ2) is 7.89. The standard InChI is InChI=1S/C17H15F3N2O4S/c1-11(16(21-24)22-27(25,26)17(18,19)20)13-8-5-9-14(10-13)15(23)12-6-3-2-4-7-12/h2-11,24H,1H3,(H,21,22)/t11-/m1/s1. The third-order valence-electron chi connectivity index (χ3n) is 3.72. The van der Waals surface area contributed by atoms with Gasteiger partial charge in [0.2, 0.25) is 0 Å². The SMILES string of the molecule is C[C@@H](C(=NS(=O)(=O)C(F)(F)F)NO)c1cccc(C(=O)c2ccccc2)c1. The summed E-state index contributed by atoms with van der Waals surface area (Å²) in [6.07, 6.45) is 0. The van der Waals surface area contributed by atoms with Gasteiger partial charge in [0.05, 0.1) is 0 Å². The van der Waals surface area contributed by atoms with Gasteiger partial charge in [0.15, 0.2) is 5.78 Å². The third-order valence-corrected chi connectivity index (χ3v) is 4.74. The van der Waals surface area contributed by atoms with E-state index in [2.05, 4.69) is 4.40 Å². The van der Waals surface area contributed by atoms with Crippen molar-refractivity contribution in [3.05, 3.63) is 71.3 Å². The molecule has 144 valence electrons. The lowest BCUT2D eigenvalue weighted by Crippen LogP contribution is -2.30. The first-order chi connectivity index (χ1) is 12.6. The number of sulfonamides is 1. The Morgan fingerprint density at radius 2 is 1.67 bits per heavy atom. The molecule has 0 saturated heterocycles. The van der Waals surface area contributed by atoms with Crippen LogP contribution in [-0.2, 0) is 10.0 Å². The van der Waals surface area contributed by atoms with Gasteiger partial charge in [-0.05, 0) is 11.6 Å². The Bertz CT molecular complexity index is 958. The van der Waals surface area contributed by atoms with Gasteiger partial charge in [-0.15, -0.1) is 4.40 Å². The fourth-order valence-electron chi connectivity index (χ4n) is 2.24. The number of hydrogen-bond acceptors (Lipinski definition) is 4. The lowest BCUT2D eigenvalue weighted by molar-refractivity contribution is -0.0435. The number of ketones is 1. The number of benzene rings is 2. The van der Waals surface area contributed by atoms with Gasteiger partial charge in [0.1, 0.15) is 5.84 Å². The monoisotopic (exact) mass is 400 g/mol. The van der Waals surface area contributed by atoms with E-state index in [0.717, 1.165) is 0 Å². The highest BCUT2D eigenvalue weighted by molar-refractivity contribution is 7.91. The summed E-state index contributed by atoms with van der Waals surface area (Å²) in [6.45, 7) is 1.33. The Labute approximate surface area is 153 Å². The molecular weight excluding hydrogens is 385 g/mol. The molecule has 0 aliphatic carbocycles. The number of hydroxylamine groups is 1. The van der Waals surface area contributed by atoms with Crippen LogP contribution < -0.4 is 5.48 Å². The molecular formula is C17H15F3N2O4S. The van der Waals surface area contributed by atoms with E-state index in [0.29, 0.717) is 5.56 Å². The van der Waals surface area contributed by atoms with Crippen molar-refractivity contribution in [2.24, 2.45) is 4.40 Å². The van der Waals surface area contributed by atoms with Gasteiger partial charge in [0.25, 0.3) is 0 Å². The zero-order valence-electron chi connectivity index (χ0n) is 13.9. The molecule has 0 fully saturated rings. The van der Waals surface area contributed by atoms with Crippen LogP contribution in [0.25, 0.3) is 0 Å². The molecule has 10 heteroatoms. The van der Waals surface area contributed by atoms with Gasteiger partial charge < -0.3 is 0 Å². The average molecular weight is 400 g/mol. The van der Waals surface area contributed by atoms with Crippen LogP contribution in [0, 0.1) is 0 Å². The Morgan fingerprint density at radius 3 is 2.22 bits per heavy atom. The molecule has 0 saturated carbocycles. The van der Waals surface area contributed by atoms with E-state index in [4.69, 9.17) is 5.21 Å². The molecule has 0 aliphatic heterocycles. The molecule has 0 heterocycles. The molecule has 2 aromatic rings. The van der Waals surface area contributed by atoms with Crippen LogP contribution in [0.2, 0.25) is 0 Å². The van der Waals surface area contributed by atoms with Gasteiger partial charge >= 0.3 is 15.5 Å². The summed E-state index contributed by atoms with van der Waals surface area (Å²) in [5, 5.41) is 9.06. The van der Waals surface area contributed by atoms with E-state index in [1.807, 2.05) is 0 Å². The molecule has 0 aliphatic rings. The third kappa shape index (κ3) is 4.72. The molecule has 0 amide bonds. The average Bonchev–Trinajstić information content (AvgIpc) is 2.65. The minimum atomic E-state index is -5.83. The summed E-state index contributed by atoms with van der Waals surface area (Å²) in [6, 6.07) is 14.2. The van der Waals surface area contributed by atoms with E-state index in [1.54, 1.807) is 30.3 Å². The van der Waals surface area contributed by atoms with Crippen molar-refractivity contribution < 1.29 is 31.6 Å². The van der Waals surface area contributed by atoms with Crippen LogP contribution in [0.15, 0.2) is 59.0 Å². The van der Waals surface area contributed by atoms with Gasteiger partial charge in [-0.25, -0.2) is 0 Å². The number of nitrogens with zero attached hydrogens (tertiary/aromatic N) is 1. The van der Waals surface area contributed by atoms with E-state index in [1.165, 1.54) is 36.7 Å². The van der Waals surface area contributed by atoms with E-state index in [-0.39, 0.29) is 16.9 Å². The van der Waals surface area contributed by atoms with Crippen LogP contribution in [0.1, 0.15) is 34.3 Å². The van der Waals surface area contributed by atoms with Gasteiger partial charge in [-0.2, -0.15) is 21.6 Å². The maximum Gasteiger partial charge on any atom is 0.518 e. The summed E-state index contributed by atoms with van der Waals surface area (Å²) < 4.78 is 62.5. The molecule has 2 rings (SSSR count). The van der Waals surface area contributed by atoms with Gasteiger partial charge in [-0.3, -0.25) is 15.5 Å². The number of carbonyl (C=O) groups is 1. The van der Waals surface area contributed by atoms with Gasteiger partial charge in [-0.1, -0.05) is 55.5 Å². The fourth-order valence-corrected chi connectivity index (χ4v) is 2.80.